The van der Waals surface area contributed by atoms with Crippen LogP contribution < -0.4 is 0 Å². The summed E-state index contributed by atoms with van der Waals surface area (Å²) in [4.78, 5) is 9.90. The molecule has 224 valence electrons. The first-order valence-electron chi connectivity index (χ1n) is 14.4. The molecule has 15 heteroatoms. The summed E-state index contributed by atoms with van der Waals surface area (Å²) < 4.78 is 46.3. The van der Waals surface area contributed by atoms with Gasteiger partial charge in [-0.15, -0.1) is 0 Å². The van der Waals surface area contributed by atoms with Gasteiger partial charge >= 0.3 is 0 Å². The van der Waals surface area contributed by atoms with Crippen LogP contribution in [0.1, 0.15) is 0 Å². The zero-order valence-corrected chi connectivity index (χ0v) is 27.0. The lowest BCUT2D eigenvalue weighted by atomic mass is 10.2. The van der Waals surface area contributed by atoms with Gasteiger partial charge in [-0.1, -0.05) is 0 Å². The summed E-state index contributed by atoms with van der Waals surface area (Å²) in [6.07, 6.45) is 0. The normalized spacial score (nSPS) is 36.7. The van der Waals surface area contributed by atoms with Crippen molar-refractivity contribution < 1.29 is 17.9 Å². The fourth-order valence-electron chi connectivity index (χ4n) is 7.02. The topological polar surface area (TPSA) is 72.0 Å². The van der Waals surface area contributed by atoms with E-state index in [2.05, 4.69) is 19.6 Å². The van der Waals surface area contributed by atoms with Crippen molar-refractivity contribution in [3.63, 3.8) is 0 Å². The van der Waals surface area contributed by atoms with Gasteiger partial charge in [-0.05, 0) is 0 Å². The van der Waals surface area contributed by atoms with Gasteiger partial charge in [0.15, 0.2) is 11.6 Å². The molecule has 0 aromatic heterocycles. The van der Waals surface area contributed by atoms with Gasteiger partial charge in [-0.25, -0.2) is 0 Å². The molecule has 2 unspecified atom stereocenters. The van der Waals surface area contributed by atoms with Crippen molar-refractivity contribution in [2.45, 2.75) is 11.6 Å². The van der Waals surface area contributed by atoms with Crippen molar-refractivity contribution in [3.8, 4) is 0 Å². The first kappa shape index (κ1) is 30.1. The molecule has 0 radical (unpaired) electrons. The van der Waals surface area contributed by atoms with Crippen molar-refractivity contribution in [1.29, 1.82) is 0 Å². The van der Waals surface area contributed by atoms with E-state index in [-0.39, 0.29) is 0 Å². The van der Waals surface area contributed by atoms with Gasteiger partial charge in [0.25, 0.3) is 10.2 Å². The highest BCUT2D eigenvalue weighted by Gasteiger charge is 2.61. The highest BCUT2D eigenvalue weighted by molar-refractivity contribution is 8.00. The van der Waals surface area contributed by atoms with Crippen LogP contribution in [0.4, 0.5) is 0 Å². The lowest BCUT2D eigenvalue weighted by Crippen LogP contribution is -2.81. The first-order valence-corrected chi connectivity index (χ1v) is 20.4. The smallest absolute Gasteiger partial charge is 0.287 e. The second-order valence-electron chi connectivity index (χ2n) is 10.7. The molecule has 6 aliphatic heterocycles. The van der Waals surface area contributed by atoms with E-state index < -0.39 is 21.8 Å². The summed E-state index contributed by atoms with van der Waals surface area (Å²) in [7, 11) is -3.82. The molecular weight excluding hydrogens is 597 g/mol. The van der Waals surface area contributed by atoms with Crippen molar-refractivity contribution in [2.75, 3.05) is 138 Å². The van der Waals surface area contributed by atoms with Crippen LogP contribution in [0.2, 0.25) is 0 Å². The molecule has 39 heavy (non-hydrogen) atoms. The van der Waals surface area contributed by atoms with Gasteiger partial charge in [0.1, 0.15) is 0 Å². The van der Waals surface area contributed by atoms with Crippen LogP contribution in [-0.2, 0) is 19.7 Å². The Balaban J connectivity index is 1.43. The fraction of sp³-hybridized carbons (Fsp3) is 1.00. The number of ether oxygens (including phenoxy) is 2. The molecule has 6 aliphatic rings. The molecular formula is C24H44N6O4S5. The Kier molecular flexibility index (Phi) is 10.3. The zero-order chi connectivity index (χ0) is 26.8. The highest BCUT2D eigenvalue weighted by Crippen LogP contribution is 2.43. The predicted molar refractivity (Wildman–Crippen MR) is 165 cm³/mol. The van der Waals surface area contributed by atoms with Crippen LogP contribution in [0, 0.1) is 0 Å². The second-order valence-corrected chi connectivity index (χ2v) is 17.1. The number of thioether (sulfide) groups is 4. The van der Waals surface area contributed by atoms with Crippen LogP contribution in [0.3, 0.4) is 0 Å². The Bertz CT molecular complexity index is 809. The van der Waals surface area contributed by atoms with Crippen LogP contribution in [0.15, 0.2) is 0 Å². The van der Waals surface area contributed by atoms with E-state index in [1.807, 2.05) is 55.7 Å². The van der Waals surface area contributed by atoms with Gasteiger partial charge in [0.05, 0.1) is 26.4 Å². The van der Waals surface area contributed by atoms with Crippen molar-refractivity contribution in [1.82, 2.24) is 28.2 Å². The molecule has 0 aromatic rings. The minimum atomic E-state index is -3.82. The largest absolute Gasteiger partial charge is 0.379 e. The van der Waals surface area contributed by atoms with Gasteiger partial charge < -0.3 is 9.47 Å². The lowest BCUT2D eigenvalue weighted by molar-refractivity contribution is -0.161. The molecule has 6 saturated heterocycles. The van der Waals surface area contributed by atoms with Gasteiger partial charge in [-0.3, -0.25) is 19.6 Å². The minimum absolute atomic E-state index is 0.548. The quantitative estimate of drug-likeness (QED) is 0.404. The summed E-state index contributed by atoms with van der Waals surface area (Å²) in [5.41, 5.74) is 0. The Morgan fingerprint density at radius 1 is 0.462 bits per heavy atom. The third kappa shape index (κ3) is 5.68. The fourth-order valence-corrected chi connectivity index (χ4v) is 13.9. The first-order chi connectivity index (χ1) is 19.1. The number of nitrogens with zero attached hydrogens (tertiary/aromatic N) is 6. The third-order valence-electron chi connectivity index (χ3n) is 8.89. The van der Waals surface area contributed by atoms with E-state index >= 15 is 8.42 Å². The molecule has 6 rings (SSSR count). The van der Waals surface area contributed by atoms with Crippen molar-refractivity contribution in [2.24, 2.45) is 0 Å². The summed E-state index contributed by atoms with van der Waals surface area (Å²) >= 11 is 7.79. The number of morpholine rings is 2. The summed E-state index contributed by atoms with van der Waals surface area (Å²) in [6.45, 7) is 10.5. The maximum absolute atomic E-state index is 15.4. The van der Waals surface area contributed by atoms with Gasteiger partial charge in [0.2, 0.25) is 0 Å². The molecule has 0 saturated carbocycles. The van der Waals surface area contributed by atoms with Crippen LogP contribution >= 0.6 is 47.0 Å². The second kappa shape index (κ2) is 13.3. The average molecular weight is 641 g/mol. The molecule has 0 bridgehead atoms. The minimum Gasteiger partial charge on any atom is -0.379 e. The molecule has 6 fully saturated rings. The van der Waals surface area contributed by atoms with Crippen LogP contribution in [0.25, 0.3) is 0 Å². The molecule has 10 nitrogen and oxygen atoms in total. The molecule has 0 amide bonds. The Labute approximate surface area is 251 Å². The Hall–Kier alpha value is 1.03. The Morgan fingerprint density at radius 3 is 1.18 bits per heavy atom. The van der Waals surface area contributed by atoms with Crippen molar-refractivity contribution in [3.05, 3.63) is 0 Å². The molecule has 0 spiro atoms. The van der Waals surface area contributed by atoms with Crippen LogP contribution in [-0.4, -0.2) is 186 Å². The van der Waals surface area contributed by atoms with Crippen molar-refractivity contribution >= 4 is 57.3 Å². The molecule has 2 atom stereocenters. The van der Waals surface area contributed by atoms with Gasteiger partial charge in [-0.2, -0.15) is 64.1 Å². The highest BCUT2D eigenvalue weighted by atomic mass is 32.2. The molecule has 0 aliphatic carbocycles. The Morgan fingerprint density at radius 2 is 0.795 bits per heavy atom. The monoisotopic (exact) mass is 640 g/mol. The number of hydrogen-bond donors (Lipinski definition) is 0. The molecule has 6 heterocycles. The standard InChI is InChI=1S/C24H44N6O4S5/c31-39(32,29-9-19-37-21-23(29,25-1-11-33-12-2-25)27-5-15-35-16-6-27)30-10-20-38-22-24(30,26-3-13-34-14-4-26)28-7-17-36-18-8-28/h1-22H2. The molecule has 0 aromatic carbocycles. The van der Waals surface area contributed by atoms with E-state index in [9.17, 15) is 0 Å². The average Bonchev–Trinajstić information content (AvgIpc) is 3.02. The maximum Gasteiger partial charge on any atom is 0.287 e. The van der Waals surface area contributed by atoms with E-state index in [1.165, 1.54) is 0 Å². The summed E-state index contributed by atoms with van der Waals surface area (Å²) in [5.74, 6) is 6.14. The van der Waals surface area contributed by atoms with Gasteiger partial charge in [0, 0.05) is 111 Å². The zero-order valence-electron chi connectivity index (χ0n) is 22.9. The number of rotatable bonds is 6. The summed E-state index contributed by atoms with van der Waals surface area (Å²) in [6, 6.07) is 0. The molecule has 0 N–H and O–H groups in total. The van der Waals surface area contributed by atoms with E-state index in [0.29, 0.717) is 39.5 Å². The predicted octanol–water partition coefficient (Wildman–Crippen LogP) is 0.398. The van der Waals surface area contributed by atoms with E-state index in [0.717, 1.165) is 98.4 Å². The third-order valence-corrected chi connectivity index (χ3v) is 15.0. The SMILES string of the molecule is O=S(=O)(N1CCSCC1(N1CCOCC1)N1CCSCC1)N1CCSCC1(N1CCOCC1)N1CCSCC1. The summed E-state index contributed by atoms with van der Waals surface area (Å²) in [5, 5.41) is 0. The van der Waals surface area contributed by atoms with E-state index in [1.54, 1.807) is 0 Å². The van der Waals surface area contributed by atoms with Crippen LogP contribution in [0.5, 0.6) is 0 Å². The lowest BCUT2D eigenvalue weighted by Gasteiger charge is -2.62. The maximum atomic E-state index is 15.4. The van der Waals surface area contributed by atoms with E-state index in [4.69, 9.17) is 9.47 Å². The number of hydrogen-bond acceptors (Lipinski definition) is 12.